The Hall–Kier alpha value is -4.05. The summed E-state index contributed by atoms with van der Waals surface area (Å²) in [6.07, 6.45) is 0. The minimum absolute atomic E-state index is 0.0401. The van der Waals surface area contributed by atoms with Gasteiger partial charge in [0, 0.05) is 17.7 Å². The first-order valence-corrected chi connectivity index (χ1v) is 10.7. The van der Waals surface area contributed by atoms with Crippen LogP contribution in [0, 0.1) is 0 Å². The number of methoxy groups -OCH3 is 2. The summed E-state index contributed by atoms with van der Waals surface area (Å²) in [5, 5.41) is 11.7. The SMILES string of the molecule is COc1cc(NS(=O)(=O)c2ccc(C(=O)O)cc2)c(OC)cc1NC(=O)c1ccccc1. The van der Waals surface area contributed by atoms with E-state index in [9.17, 15) is 18.0 Å². The molecule has 0 radical (unpaired) electrons. The van der Waals surface area contributed by atoms with Crippen molar-refractivity contribution in [2.75, 3.05) is 24.3 Å². The third-order valence-corrected chi connectivity index (χ3v) is 5.84. The summed E-state index contributed by atoms with van der Waals surface area (Å²) in [6, 6.07) is 16.1. The minimum Gasteiger partial charge on any atom is -0.494 e. The number of aromatic carboxylic acids is 1. The molecule has 0 atom stereocenters. The molecule has 3 rings (SSSR count). The molecule has 0 aliphatic carbocycles. The van der Waals surface area contributed by atoms with Crippen molar-refractivity contribution in [1.29, 1.82) is 0 Å². The molecular formula is C22H20N2O7S. The average Bonchev–Trinajstić information content (AvgIpc) is 2.80. The third-order valence-electron chi connectivity index (χ3n) is 4.46. The average molecular weight is 456 g/mol. The number of carbonyl (C=O) groups is 2. The van der Waals surface area contributed by atoms with E-state index in [1.165, 1.54) is 50.6 Å². The van der Waals surface area contributed by atoms with Crippen molar-refractivity contribution in [2.24, 2.45) is 0 Å². The molecule has 3 N–H and O–H groups in total. The topological polar surface area (TPSA) is 131 Å². The van der Waals surface area contributed by atoms with Crippen molar-refractivity contribution in [3.05, 3.63) is 77.9 Å². The van der Waals surface area contributed by atoms with Gasteiger partial charge in [0.2, 0.25) is 0 Å². The number of rotatable bonds is 8. The molecule has 9 nitrogen and oxygen atoms in total. The Morgan fingerprint density at radius 3 is 1.94 bits per heavy atom. The van der Waals surface area contributed by atoms with Gasteiger partial charge in [-0.1, -0.05) is 18.2 Å². The number of amides is 1. The number of benzene rings is 3. The zero-order valence-corrected chi connectivity index (χ0v) is 18.0. The second-order valence-corrected chi connectivity index (χ2v) is 8.19. The van der Waals surface area contributed by atoms with Gasteiger partial charge in [-0.2, -0.15) is 0 Å². The largest absolute Gasteiger partial charge is 0.494 e. The number of carboxylic acids is 1. The van der Waals surface area contributed by atoms with Crippen molar-refractivity contribution in [3.63, 3.8) is 0 Å². The van der Waals surface area contributed by atoms with Crippen molar-refractivity contribution in [2.45, 2.75) is 4.90 Å². The number of nitrogens with one attached hydrogen (secondary N) is 2. The lowest BCUT2D eigenvalue weighted by atomic mass is 10.2. The smallest absolute Gasteiger partial charge is 0.335 e. The van der Waals surface area contributed by atoms with Crippen molar-refractivity contribution >= 4 is 33.3 Å². The Bertz CT molecular complexity index is 1240. The van der Waals surface area contributed by atoms with Crippen LogP contribution in [0.5, 0.6) is 11.5 Å². The van der Waals surface area contributed by atoms with E-state index in [2.05, 4.69) is 10.0 Å². The van der Waals surface area contributed by atoms with Crippen LogP contribution in [0.15, 0.2) is 71.6 Å². The number of sulfonamides is 1. The molecule has 0 aliphatic rings. The van der Waals surface area contributed by atoms with Crippen LogP contribution in [-0.2, 0) is 10.0 Å². The normalized spacial score (nSPS) is 10.8. The fourth-order valence-electron chi connectivity index (χ4n) is 2.84. The van der Waals surface area contributed by atoms with E-state index in [4.69, 9.17) is 14.6 Å². The van der Waals surface area contributed by atoms with Crippen LogP contribution in [-0.4, -0.2) is 39.6 Å². The molecule has 166 valence electrons. The van der Waals surface area contributed by atoms with Gasteiger partial charge in [-0.05, 0) is 36.4 Å². The zero-order chi connectivity index (χ0) is 23.3. The van der Waals surface area contributed by atoms with Crippen LogP contribution in [0.25, 0.3) is 0 Å². The monoisotopic (exact) mass is 456 g/mol. The molecule has 3 aromatic rings. The molecule has 0 bridgehead atoms. The molecule has 0 aliphatic heterocycles. The molecule has 1 amide bonds. The van der Waals surface area contributed by atoms with Crippen LogP contribution in [0.1, 0.15) is 20.7 Å². The van der Waals surface area contributed by atoms with Gasteiger partial charge in [0.15, 0.2) is 0 Å². The zero-order valence-electron chi connectivity index (χ0n) is 17.2. The number of ether oxygens (including phenoxy) is 2. The molecule has 0 aromatic heterocycles. The summed E-state index contributed by atoms with van der Waals surface area (Å²) in [4.78, 5) is 23.3. The molecule has 0 unspecified atom stereocenters. The van der Waals surface area contributed by atoms with E-state index in [1.807, 2.05) is 0 Å². The predicted octanol–water partition coefficient (Wildman–Crippen LogP) is 3.46. The summed E-state index contributed by atoms with van der Waals surface area (Å²) < 4.78 is 38.6. The van der Waals surface area contributed by atoms with E-state index in [-0.39, 0.29) is 39.2 Å². The van der Waals surface area contributed by atoms with Crippen LogP contribution in [0.4, 0.5) is 11.4 Å². The van der Waals surface area contributed by atoms with Gasteiger partial charge < -0.3 is 19.9 Å². The molecule has 0 saturated heterocycles. The highest BCUT2D eigenvalue weighted by atomic mass is 32.2. The predicted molar refractivity (Wildman–Crippen MR) is 118 cm³/mol. The summed E-state index contributed by atoms with van der Waals surface area (Å²) in [6.45, 7) is 0. The van der Waals surface area contributed by atoms with Crippen LogP contribution >= 0.6 is 0 Å². The minimum atomic E-state index is -4.06. The fourth-order valence-corrected chi connectivity index (χ4v) is 3.90. The van der Waals surface area contributed by atoms with Crippen molar-refractivity contribution < 1.29 is 32.6 Å². The van der Waals surface area contributed by atoms with Gasteiger partial charge in [-0.25, -0.2) is 13.2 Å². The highest BCUT2D eigenvalue weighted by molar-refractivity contribution is 7.92. The van der Waals surface area contributed by atoms with E-state index >= 15 is 0 Å². The van der Waals surface area contributed by atoms with E-state index in [0.717, 1.165) is 0 Å². The van der Waals surface area contributed by atoms with Gasteiger partial charge >= 0.3 is 5.97 Å². The summed E-state index contributed by atoms with van der Waals surface area (Å²) in [7, 11) is -1.33. The maximum Gasteiger partial charge on any atom is 0.335 e. The summed E-state index contributed by atoms with van der Waals surface area (Å²) >= 11 is 0. The lowest BCUT2D eigenvalue weighted by Gasteiger charge is -2.17. The second-order valence-electron chi connectivity index (χ2n) is 6.51. The first-order valence-electron chi connectivity index (χ1n) is 9.23. The van der Waals surface area contributed by atoms with E-state index < -0.39 is 16.0 Å². The van der Waals surface area contributed by atoms with Gasteiger partial charge in [-0.15, -0.1) is 0 Å². The maximum absolute atomic E-state index is 12.8. The van der Waals surface area contributed by atoms with Crippen LogP contribution < -0.4 is 19.5 Å². The third kappa shape index (κ3) is 4.98. The Labute approximate surface area is 184 Å². The van der Waals surface area contributed by atoms with E-state index in [1.54, 1.807) is 30.3 Å². The Kier molecular flexibility index (Phi) is 6.64. The standard InChI is InChI=1S/C22H20N2O7S/c1-30-19-13-18(24-32(28,29)16-10-8-15(9-11-16)22(26)27)20(31-2)12-17(19)23-21(25)14-6-4-3-5-7-14/h3-13,24H,1-2H3,(H,23,25)(H,26,27). The molecule has 0 saturated carbocycles. The van der Waals surface area contributed by atoms with Crippen molar-refractivity contribution in [3.8, 4) is 11.5 Å². The molecular weight excluding hydrogens is 436 g/mol. The van der Waals surface area contributed by atoms with Gasteiger partial charge in [-0.3, -0.25) is 9.52 Å². The highest BCUT2D eigenvalue weighted by Gasteiger charge is 2.20. The lowest BCUT2D eigenvalue weighted by molar-refractivity contribution is 0.0696. The Balaban J connectivity index is 1.91. The van der Waals surface area contributed by atoms with Crippen LogP contribution in [0.3, 0.4) is 0 Å². The van der Waals surface area contributed by atoms with Gasteiger partial charge in [0.25, 0.3) is 15.9 Å². The molecule has 32 heavy (non-hydrogen) atoms. The number of hydrogen-bond donors (Lipinski definition) is 3. The molecule has 0 heterocycles. The van der Waals surface area contributed by atoms with Crippen LogP contribution in [0.2, 0.25) is 0 Å². The lowest BCUT2D eigenvalue weighted by Crippen LogP contribution is -2.15. The quantitative estimate of drug-likeness (QED) is 0.473. The molecule has 3 aromatic carbocycles. The Morgan fingerprint density at radius 2 is 1.38 bits per heavy atom. The molecule has 0 spiro atoms. The Morgan fingerprint density at radius 1 is 0.812 bits per heavy atom. The summed E-state index contributed by atoms with van der Waals surface area (Å²) in [5.41, 5.74) is 0.751. The first-order chi connectivity index (χ1) is 15.2. The van der Waals surface area contributed by atoms with Gasteiger partial charge in [0.05, 0.1) is 36.1 Å². The number of anilines is 2. The van der Waals surface area contributed by atoms with E-state index in [0.29, 0.717) is 5.56 Å². The number of hydrogen-bond acceptors (Lipinski definition) is 6. The maximum atomic E-state index is 12.8. The first kappa shape index (κ1) is 22.6. The molecule has 10 heteroatoms. The second kappa shape index (κ2) is 9.40. The summed E-state index contributed by atoms with van der Waals surface area (Å²) in [5.74, 6) is -1.20. The fraction of sp³-hybridized carbons (Fsp3) is 0.0909. The van der Waals surface area contributed by atoms with Crippen molar-refractivity contribution in [1.82, 2.24) is 0 Å². The number of carbonyl (C=O) groups excluding carboxylic acids is 1. The molecule has 0 fully saturated rings. The highest BCUT2D eigenvalue weighted by Crippen LogP contribution is 2.37. The van der Waals surface area contributed by atoms with Gasteiger partial charge in [0.1, 0.15) is 11.5 Å². The number of carboxylic acid groups (broad SMARTS) is 1.